The van der Waals surface area contributed by atoms with E-state index < -0.39 is 0 Å². The van der Waals surface area contributed by atoms with Gasteiger partial charge in [-0.05, 0) is 37.0 Å². The average Bonchev–Trinajstić information content (AvgIpc) is 3.12. The van der Waals surface area contributed by atoms with Crippen LogP contribution in [0.25, 0.3) is 0 Å². The van der Waals surface area contributed by atoms with Crippen molar-refractivity contribution in [3.05, 3.63) is 29.8 Å². The lowest BCUT2D eigenvalue weighted by atomic mass is 10.1. The van der Waals surface area contributed by atoms with Gasteiger partial charge in [0.1, 0.15) is 6.10 Å². The minimum absolute atomic E-state index is 0.0816. The summed E-state index contributed by atoms with van der Waals surface area (Å²) in [5.74, 6) is 0.130. The number of likely N-dealkylation sites (tertiary alicyclic amines) is 1. The standard InChI is InChI=1S/C16H20N2O3/c19-15-7-2-8-18(15)11-12-4-1-5-13(10-12)17-16(20)14-6-3-9-21-14/h1,4-5,10,14H,2-3,6-9,11H2,(H,17,20)/t14-/m1/s1. The minimum atomic E-state index is -0.325. The molecule has 1 atom stereocenters. The number of anilines is 1. The number of nitrogens with zero attached hydrogens (tertiary/aromatic N) is 1. The number of amides is 2. The summed E-state index contributed by atoms with van der Waals surface area (Å²) < 4.78 is 5.37. The number of ether oxygens (including phenoxy) is 1. The van der Waals surface area contributed by atoms with Crippen LogP contribution < -0.4 is 5.32 Å². The largest absolute Gasteiger partial charge is 0.368 e. The van der Waals surface area contributed by atoms with Crippen molar-refractivity contribution in [2.75, 3.05) is 18.5 Å². The van der Waals surface area contributed by atoms with Crippen molar-refractivity contribution < 1.29 is 14.3 Å². The third-order valence-corrected chi connectivity index (χ3v) is 3.96. The van der Waals surface area contributed by atoms with Crippen molar-refractivity contribution in [1.29, 1.82) is 0 Å². The van der Waals surface area contributed by atoms with Crippen molar-refractivity contribution in [1.82, 2.24) is 4.90 Å². The summed E-state index contributed by atoms with van der Waals surface area (Å²) in [4.78, 5) is 25.5. The van der Waals surface area contributed by atoms with Crippen molar-refractivity contribution in [3.8, 4) is 0 Å². The Morgan fingerprint density at radius 1 is 1.38 bits per heavy atom. The Morgan fingerprint density at radius 3 is 3.00 bits per heavy atom. The zero-order chi connectivity index (χ0) is 14.7. The third kappa shape index (κ3) is 3.42. The second kappa shape index (κ2) is 6.26. The first kappa shape index (κ1) is 14.1. The number of carbonyl (C=O) groups excluding carboxylic acids is 2. The van der Waals surface area contributed by atoms with Crippen LogP contribution in [0.3, 0.4) is 0 Å². The lowest BCUT2D eigenvalue weighted by molar-refractivity contribution is -0.128. The molecule has 5 heteroatoms. The van der Waals surface area contributed by atoms with Crippen LogP contribution in [0.2, 0.25) is 0 Å². The smallest absolute Gasteiger partial charge is 0.253 e. The van der Waals surface area contributed by atoms with E-state index in [-0.39, 0.29) is 17.9 Å². The summed E-state index contributed by atoms with van der Waals surface area (Å²) in [5.41, 5.74) is 1.80. The summed E-state index contributed by atoms with van der Waals surface area (Å²) in [6, 6.07) is 7.68. The van der Waals surface area contributed by atoms with Crippen LogP contribution in [-0.2, 0) is 20.9 Å². The maximum absolute atomic E-state index is 12.0. The van der Waals surface area contributed by atoms with Gasteiger partial charge in [0.15, 0.2) is 0 Å². The Kier molecular flexibility index (Phi) is 4.20. The molecule has 2 heterocycles. The predicted octanol–water partition coefficient (Wildman–Crippen LogP) is 1.93. The van der Waals surface area contributed by atoms with Crippen LogP contribution in [0.15, 0.2) is 24.3 Å². The van der Waals surface area contributed by atoms with E-state index in [0.717, 1.165) is 37.1 Å². The SMILES string of the molecule is O=C(Nc1cccc(CN2CCCC2=O)c1)[C@H]1CCCO1. The molecule has 0 aliphatic carbocycles. The van der Waals surface area contributed by atoms with E-state index in [1.807, 2.05) is 29.2 Å². The van der Waals surface area contributed by atoms with Crippen molar-refractivity contribution in [2.45, 2.75) is 38.3 Å². The van der Waals surface area contributed by atoms with Gasteiger partial charge in [0.2, 0.25) is 5.91 Å². The molecule has 21 heavy (non-hydrogen) atoms. The molecule has 1 aromatic carbocycles. The van der Waals surface area contributed by atoms with E-state index in [1.54, 1.807) is 0 Å². The highest BCUT2D eigenvalue weighted by molar-refractivity contribution is 5.94. The molecular formula is C16H20N2O3. The van der Waals surface area contributed by atoms with Crippen LogP contribution in [0.4, 0.5) is 5.69 Å². The average molecular weight is 288 g/mol. The molecule has 2 aliphatic rings. The molecule has 5 nitrogen and oxygen atoms in total. The monoisotopic (exact) mass is 288 g/mol. The van der Waals surface area contributed by atoms with Crippen LogP contribution in [0, 0.1) is 0 Å². The van der Waals surface area contributed by atoms with E-state index >= 15 is 0 Å². The summed E-state index contributed by atoms with van der Waals surface area (Å²) >= 11 is 0. The number of benzene rings is 1. The van der Waals surface area contributed by atoms with Gasteiger partial charge in [0, 0.05) is 31.8 Å². The Hall–Kier alpha value is -1.88. The number of rotatable bonds is 4. The maximum atomic E-state index is 12.0. The highest BCUT2D eigenvalue weighted by Gasteiger charge is 2.24. The molecule has 2 aliphatic heterocycles. The van der Waals surface area contributed by atoms with Gasteiger partial charge < -0.3 is 15.0 Å². The molecule has 0 spiro atoms. The van der Waals surface area contributed by atoms with E-state index in [1.165, 1.54) is 0 Å². The molecule has 3 rings (SSSR count). The minimum Gasteiger partial charge on any atom is -0.368 e. The molecule has 0 bridgehead atoms. The lowest BCUT2D eigenvalue weighted by Crippen LogP contribution is -2.27. The Bertz CT molecular complexity index is 538. The molecule has 2 saturated heterocycles. The highest BCUT2D eigenvalue weighted by atomic mass is 16.5. The number of carbonyl (C=O) groups is 2. The quantitative estimate of drug-likeness (QED) is 0.921. The lowest BCUT2D eigenvalue weighted by Gasteiger charge is -2.16. The molecule has 0 radical (unpaired) electrons. The Labute approximate surface area is 124 Å². The van der Waals surface area contributed by atoms with E-state index in [4.69, 9.17) is 4.74 Å². The third-order valence-electron chi connectivity index (χ3n) is 3.96. The van der Waals surface area contributed by atoms with Crippen LogP contribution in [0.5, 0.6) is 0 Å². The van der Waals surface area contributed by atoms with Crippen LogP contribution >= 0.6 is 0 Å². The summed E-state index contributed by atoms with van der Waals surface area (Å²) in [5, 5.41) is 2.89. The molecule has 2 amide bonds. The second-order valence-electron chi connectivity index (χ2n) is 5.61. The summed E-state index contributed by atoms with van der Waals surface area (Å²) in [6.07, 6.45) is 2.99. The van der Waals surface area contributed by atoms with Crippen molar-refractivity contribution in [2.24, 2.45) is 0 Å². The number of hydrogen-bond donors (Lipinski definition) is 1. The van der Waals surface area contributed by atoms with E-state index in [9.17, 15) is 9.59 Å². The predicted molar refractivity (Wildman–Crippen MR) is 78.7 cm³/mol. The fraction of sp³-hybridized carbons (Fsp3) is 0.500. The maximum Gasteiger partial charge on any atom is 0.253 e. The summed E-state index contributed by atoms with van der Waals surface area (Å²) in [6.45, 7) is 2.10. The van der Waals surface area contributed by atoms with Gasteiger partial charge in [-0.25, -0.2) is 0 Å². The summed E-state index contributed by atoms with van der Waals surface area (Å²) in [7, 11) is 0. The van der Waals surface area contributed by atoms with Gasteiger partial charge in [0.05, 0.1) is 0 Å². The molecule has 2 fully saturated rings. The van der Waals surface area contributed by atoms with Crippen LogP contribution in [0.1, 0.15) is 31.2 Å². The van der Waals surface area contributed by atoms with Gasteiger partial charge in [-0.2, -0.15) is 0 Å². The fourth-order valence-corrected chi connectivity index (χ4v) is 2.85. The van der Waals surface area contributed by atoms with E-state index in [2.05, 4.69) is 5.32 Å². The zero-order valence-electron chi connectivity index (χ0n) is 12.0. The van der Waals surface area contributed by atoms with Crippen molar-refractivity contribution >= 4 is 17.5 Å². The fourth-order valence-electron chi connectivity index (χ4n) is 2.85. The van der Waals surface area contributed by atoms with Gasteiger partial charge >= 0.3 is 0 Å². The molecule has 0 unspecified atom stereocenters. The second-order valence-corrected chi connectivity index (χ2v) is 5.61. The van der Waals surface area contributed by atoms with Gasteiger partial charge in [-0.1, -0.05) is 12.1 Å². The Morgan fingerprint density at radius 2 is 2.29 bits per heavy atom. The molecule has 112 valence electrons. The molecule has 1 aromatic rings. The normalized spacial score (nSPS) is 21.8. The van der Waals surface area contributed by atoms with Gasteiger partial charge in [-0.3, -0.25) is 9.59 Å². The Balaban J connectivity index is 1.62. The topological polar surface area (TPSA) is 58.6 Å². The van der Waals surface area contributed by atoms with Crippen LogP contribution in [-0.4, -0.2) is 36.0 Å². The number of hydrogen-bond acceptors (Lipinski definition) is 3. The first-order valence-electron chi connectivity index (χ1n) is 7.51. The molecule has 0 saturated carbocycles. The molecule has 0 aromatic heterocycles. The number of nitrogens with one attached hydrogen (secondary N) is 1. The van der Waals surface area contributed by atoms with Gasteiger partial charge in [0.25, 0.3) is 5.91 Å². The van der Waals surface area contributed by atoms with E-state index in [0.29, 0.717) is 19.6 Å². The first-order valence-corrected chi connectivity index (χ1v) is 7.51. The van der Waals surface area contributed by atoms with Gasteiger partial charge in [-0.15, -0.1) is 0 Å². The highest BCUT2D eigenvalue weighted by Crippen LogP contribution is 2.19. The molecular weight excluding hydrogens is 268 g/mol. The van der Waals surface area contributed by atoms with Crippen molar-refractivity contribution in [3.63, 3.8) is 0 Å². The first-order chi connectivity index (χ1) is 10.2. The molecule has 1 N–H and O–H groups in total. The zero-order valence-corrected chi connectivity index (χ0v) is 12.0.